The molecular weight excluding hydrogens is 307 g/mol. The Morgan fingerprint density at radius 2 is 1.67 bits per heavy atom. The standard InChI is InChI=1S/C20H19FO3/c1-14(2)19(22)18(12-15-8-10-17(21)11-9-15)20(23)24-13-16-6-4-3-5-7-16/h3-12,14H,13H2,1-2H3. The number of hydrogen-bond donors (Lipinski definition) is 0. The Labute approximate surface area is 140 Å². The quantitative estimate of drug-likeness (QED) is 0.346. The van der Waals surface area contributed by atoms with Crippen LogP contribution in [-0.4, -0.2) is 11.8 Å². The maximum absolute atomic E-state index is 13.0. The van der Waals surface area contributed by atoms with Gasteiger partial charge in [0.15, 0.2) is 5.78 Å². The Morgan fingerprint density at radius 1 is 1.04 bits per heavy atom. The van der Waals surface area contributed by atoms with E-state index in [1.165, 1.54) is 30.3 Å². The van der Waals surface area contributed by atoms with E-state index < -0.39 is 5.97 Å². The van der Waals surface area contributed by atoms with Crippen LogP contribution < -0.4 is 0 Å². The van der Waals surface area contributed by atoms with E-state index in [1.807, 2.05) is 30.3 Å². The highest BCUT2D eigenvalue weighted by atomic mass is 19.1. The first kappa shape index (κ1) is 17.6. The molecule has 0 amide bonds. The van der Waals surface area contributed by atoms with Crippen molar-refractivity contribution in [3.63, 3.8) is 0 Å². The number of benzene rings is 2. The Hall–Kier alpha value is -2.75. The van der Waals surface area contributed by atoms with Crippen molar-refractivity contribution in [2.45, 2.75) is 20.5 Å². The molecule has 2 rings (SSSR count). The fourth-order valence-corrected chi connectivity index (χ4v) is 2.07. The Balaban J connectivity index is 2.20. The lowest BCUT2D eigenvalue weighted by atomic mass is 9.99. The molecule has 124 valence electrons. The zero-order valence-electron chi connectivity index (χ0n) is 13.7. The molecule has 4 heteroatoms. The molecule has 0 radical (unpaired) electrons. The maximum Gasteiger partial charge on any atom is 0.342 e. The van der Waals surface area contributed by atoms with E-state index in [0.29, 0.717) is 5.56 Å². The molecule has 0 spiro atoms. The average molecular weight is 326 g/mol. The van der Waals surface area contributed by atoms with Crippen molar-refractivity contribution < 1.29 is 18.7 Å². The Bertz CT molecular complexity index is 731. The molecule has 0 saturated heterocycles. The number of carbonyl (C=O) groups is 2. The van der Waals surface area contributed by atoms with Crippen LogP contribution in [0.5, 0.6) is 0 Å². The number of halogens is 1. The normalized spacial score (nSPS) is 11.4. The summed E-state index contributed by atoms with van der Waals surface area (Å²) in [5.74, 6) is -1.71. The van der Waals surface area contributed by atoms with Crippen LogP contribution in [0.2, 0.25) is 0 Å². The number of Topliss-reactive ketones (excluding diaryl/α,β-unsaturated/α-hetero) is 1. The van der Waals surface area contributed by atoms with Crippen LogP contribution in [-0.2, 0) is 20.9 Å². The van der Waals surface area contributed by atoms with E-state index in [0.717, 1.165) is 5.56 Å². The lowest BCUT2D eigenvalue weighted by molar-refractivity contribution is -0.141. The van der Waals surface area contributed by atoms with E-state index in [9.17, 15) is 14.0 Å². The number of carbonyl (C=O) groups excluding carboxylic acids is 2. The lowest BCUT2D eigenvalue weighted by Gasteiger charge is -2.10. The molecule has 0 bridgehead atoms. The molecule has 0 aliphatic carbocycles. The fraction of sp³-hybridized carbons (Fsp3) is 0.200. The SMILES string of the molecule is CC(C)C(=O)C(=Cc1ccc(F)cc1)C(=O)OCc1ccccc1. The van der Waals surface area contributed by atoms with Gasteiger partial charge in [-0.15, -0.1) is 0 Å². The highest BCUT2D eigenvalue weighted by molar-refractivity contribution is 6.21. The molecule has 2 aromatic rings. The van der Waals surface area contributed by atoms with Crippen LogP contribution in [0, 0.1) is 11.7 Å². The molecule has 0 unspecified atom stereocenters. The average Bonchev–Trinajstić information content (AvgIpc) is 2.59. The molecule has 0 N–H and O–H groups in total. The van der Waals surface area contributed by atoms with E-state index in [1.54, 1.807) is 13.8 Å². The highest BCUT2D eigenvalue weighted by Gasteiger charge is 2.22. The van der Waals surface area contributed by atoms with E-state index in [4.69, 9.17) is 4.74 Å². The minimum Gasteiger partial charge on any atom is -0.457 e. The van der Waals surface area contributed by atoms with Gasteiger partial charge in [0.25, 0.3) is 0 Å². The Kier molecular flexibility index (Phi) is 6.01. The molecular formula is C20H19FO3. The number of ketones is 1. The summed E-state index contributed by atoms with van der Waals surface area (Å²) >= 11 is 0. The van der Waals surface area contributed by atoms with Crippen LogP contribution in [0.3, 0.4) is 0 Å². The molecule has 0 fully saturated rings. The second-order valence-electron chi connectivity index (χ2n) is 5.69. The third-order valence-corrected chi connectivity index (χ3v) is 3.40. The van der Waals surface area contributed by atoms with Gasteiger partial charge in [0.05, 0.1) is 0 Å². The minimum absolute atomic E-state index is 0.0347. The summed E-state index contributed by atoms with van der Waals surface area (Å²) in [6, 6.07) is 14.8. The van der Waals surface area contributed by atoms with Crippen molar-refractivity contribution in [2.75, 3.05) is 0 Å². The molecule has 0 heterocycles. The third kappa shape index (κ3) is 4.88. The molecule has 0 aliphatic rings. The van der Waals surface area contributed by atoms with E-state index >= 15 is 0 Å². The molecule has 0 saturated carbocycles. The third-order valence-electron chi connectivity index (χ3n) is 3.40. The second-order valence-corrected chi connectivity index (χ2v) is 5.69. The van der Waals surface area contributed by atoms with Gasteiger partial charge in [0, 0.05) is 5.92 Å². The molecule has 0 aromatic heterocycles. The van der Waals surface area contributed by atoms with Crippen molar-refractivity contribution in [3.05, 3.63) is 77.1 Å². The van der Waals surface area contributed by atoms with E-state index in [2.05, 4.69) is 0 Å². The fourth-order valence-electron chi connectivity index (χ4n) is 2.07. The van der Waals surface area contributed by atoms with Crippen molar-refractivity contribution in [1.82, 2.24) is 0 Å². The van der Waals surface area contributed by atoms with E-state index in [-0.39, 0.29) is 29.7 Å². The zero-order chi connectivity index (χ0) is 17.5. The van der Waals surface area contributed by atoms with Crippen LogP contribution in [0.25, 0.3) is 6.08 Å². The van der Waals surface area contributed by atoms with Gasteiger partial charge in [-0.05, 0) is 29.3 Å². The first-order valence-corrected chi connectivity index (χ1v) is 7.70. The first-order valence-electron chi connectivity index (χ1n) is 7.70. The van der Waals surface area contributed by atoms with Gasteiger partial charge in [-0.2, -0.15) is 0 Å². The number of ether oxygens (including phenoxy) is 1. The summed E-state index contributed by atoms with van der Waals surface area (Å²) in [7, 11) is 0. The van der Waals surface area contributed by atoms with Gasteiger partial charge in [-0.1, -0.05) is 56.3 Å². The summed E-state index contributed by atoms with van der Waals surface area (Å²) < 4.78 is 18.3. The predicted octanol–water partition coefficient (Wildman–Crippen LogP) is 4.18. The van der Waals surface area contributed by atoms with Crippen molar-refractivity contribution in [1.29, 1.82) is 0 Å². The van der Waals surface area contributed by atoms with Crippen LogP contribution in [0.15, 0.2) is 60.2 Å². The van der Waals surface area contributed by atoms with Gasteiger partial charge in [0.2, 0.25) is 0 Å². The summed E-state index contributed by atoms with van der Waals surface area (Å²) in [6.07, 6.45) is 1.44. The molecule has 3 nitrogen and oxygen atoms in total. The predicted molar refractivity (Wildman–Crippen MR) is 90.5 cm³/mol. The summed E-state index contributed by atoms with van der Waals surface area (Å²) in [4.78, 5) is 24.7. The number of hydrogen-bond acceptors (Lipinski definition) is 3. The molecule has 0 atom stereocenters. The summed E-state index contributed by atoms with van der Waals surface area (Å²) in [5.41, 5.74) is 1.37. The maximum atomic E-state index is 13.0. The minimum atomic E-state index is -0.679. The van der Waals surface area contributed by atoms with Crippen molar-refractivity contribution >= 4 is 17.8 Å². The number of esters is 1. The second kappa shape index (κ2) is 8.20. The van der Waals surface area contributed by atoms with Crippen molar-refractivity contribution in [3.8, 4) is 0 Å². The van der Waals surface area contributed by atoms with Gasteiger partial charge < -0.3 is 4.74 Å². The zero-order valence-corrected chi connectivity index (χ0v) is 13.7. The topological polar surface area (TPSA) is 43.4 Å². The lowest BCUT2D eigenvalue weighted by Crippen LogP contribution is -2.19. The van der Waals surface area contributed by atoms with Crippen LogP contribution in [0.4, 0.5) is 4.39 Å². The summed E-state index contributed by atoms with van der Waals surface area (Å²) in [5, 5.41) is 0. The monoisotopic (exact) mass is 326 g/mol. The van der Waals surface area contributed by atoms with Gasteiger partial charge in [-0.25, -0.2) is 9.18 Å². The number of rotatable bonds is 6. The highest BCUT2D eigenvalue weighted by Crippen LogP contribution is 2.15. The molecule has 2 aromatic carbocycles. The largest absolute Gasteiger partial charge is 0.457 e. The smallest absolute Gasteiger partial charge is 0.342 e. The van der Waals surface area contributed by atoms with Gasteiger partial charge in [-0.3, -0.25) is 4.79 Å². The summed E-state index contributed by atoms with van der Waals surface area (Å²) in [6.45, 7) is 3.52. The first-order chi connectivity index (χ1) is 11.5. The van der Waals surface area contributed by atoms with Crippen LogP contribution in [0.1, 0.15) is 25.0 Å². The molecule has 0 aliphatic heterocycles. The molecule has 24 heavy (non-hydrogen) atoms. The van der Waals surface area contributed by atoms with Gasteiger partial charge >= 0.3 is 5.97 Å². The Morgan fingerprint density at radius 3 is 2.25 bits per heavy atom. The van der Waals surface area contributed by atoms with Gasteiger partial charge in [0.1, 0.15) is 18.0 Å². The van der Waals surface area contributed by atoms with Crippen molar-refractivity contribution in [2.24, 2.45) is 5.92 Å². The van der Waals surface area contributed by atoms with Crippen LogP contribution >= 0.6 is 0 Å².